The van der Waals surface area contributed by atoms with Gasteiger partial charge in [-0.1, -0.05) is 30.3 Å². The number of ether oxygens (including phenoxy) is 1. The van der Waals surface area contributed by atoms with Crippen molar-refractivity contribution in [2.45, 2.75) is 46.1 Å². The number of carboxylic acid groups (broad SMARTS) is 1. The zero-order chi connectivity index (χ0) is 20.6. The van der Waals surface area contributed by atoms with Crippen LogP contribution in [-0.2, 0) is 19.4 Å². The van der Waals surface area contributed by atoms with Crippen molar-refractivity contribution in [2.75, 3.05) is 0 Å². The van der Waals surface area contributed by atoms with Crippen LogP contribution in [0.2, 0.25) is 0 Å². The van der Waals surface area contributed by atoms with Crippen molar-refractivity contribution in [1.29, 1.82) is 0 Å². The van der Waals surface area contributed by atoms with Gasteiger partial charge in [0.25, 0.3) is 0 Å². The first-order chi connectivity index (χ1) is 14.0. The van der Waals surface area contributed by atoms with E-state index in [1.54, 1.807) is 12.1 Å². The van der Waals surface area contributed by atoms with Crippen LogP contribution in [0.4, 0.5) is 0 Å². The monoisotopic (exact) mass is 391 g/mol. The fourth-order valence-corrected chi connectivity index (χ4v) is 3.11. The van der Waals surface area contributed by atoms with Crippen LogP contribution in [0.1, 0.15) is 51.5 Å². The summed E-state index contributed by atoms with van der Waals surface area (Å²) in [4.78, 5) is 15.6. The normalized spacial score (nSPS) is 10.7. The lowest BCUT2D eigenvalue weighted by Gasteiger charge is -2.11. The summed E-state index contributed by atoms with van der Waals surface area (Å²) in [7, 11) is 0. The van der Waals surface area contributed by atoms with Crippen molar-refractivity contribution in [1.82, 2.24) is 15.2 Å². The Morgan fingerprint density at radius 1 is 0.966 bits per heavy atom. The summed E-state index contributed by atoms with van der Waals surface area (Å²) < 4.78 is 6.00. The van der Waals surface area contributed by atoms with E-state index in [0.29, 0.717) is 6.61 Å². The quantitative estimate of drug-likeness (QED) is 0.547. The van der Waals surface area contributed by atoms with Gasteiger partial charge in [0, 0.05) is 17.5 Å². The second kappa shape index (κ2) is 9.78. The molecule has 0 saturated carbocycles. The van der Waals surface area contributed by atoms with Gasteiger partial charge in [-0.2, -0.15) is 10.2 Å². The summed E-state index contributed by atoms with van der Waals surface area (Å²) in [5.41, 5.74) is 4.58. The topological polar surface area (TPSA) is 85.2 Å². The molecule has 1 aromatic carbocycles. The lowest BCUT2D eigenvalue weighted by molar-refractivity contribution is 0.0696. The summed E-state index contributed by atoms with van der Waals surface area (Å²) in [5, 5.41) is 17.7. The van der Waals surface area contributed by atoms with E-state index < -0.39 is 5.97 Å². The number of unbranched alkanes of at least 4 members (excludes halogenated alkanes) is 1. The van der Waals surface area contributed by atoms with Crippen LogP contribution in [0.3, 0.4) is 0 Å². The van der Waals surface area contributed by atoms with Crippen molar-refractivity contribution in [3.63, 3.8) is 0 Å². The molecule has 2 aromatic heterocycles. The van der Waals surface area contributed by atoms with E-state index in [9.17, 15) is 9.90 Å². The molecule has 0 amide bonds. The molecule has 1 N–H and O–H groups in total. The predicted octanol–water partition coefficient (Wildman–Crippen LogP) is 4.33. The molecule has 0 bridgehead atoms. The van der Waals surface area contributed by atoms with Gasteiger partial charge in [0.2, 0.25) is 0 Å². The third-order valence-electron chi connectivity index (χ3n) is 4.54. The molecule has 0 radical (unpaired) electrons. The van der Waals surface area contributed by atoms with Crippen LogP contribution in [0.15, 0.2) is 48.5 Å². The van der Waals surface area contributed by atoms with E-state index in [4.69, 9.17) is 4.74 Å². The van der Waals surface area contributed by atoms with Crippen molar-refractivity contribution >= 4 is 5.97 Å². The second-order valence-corrected chi connectivity index (χ2v) is 7.07. The van der Waals surface area contributed by atoms with Crippen LogP contribution < -0.4 is 4.74 Å². The maximum Gasteiger partial charge on any atom is 0.335 e. The van der Waals surface area contributed by atoms with E-state index in [0.717, 1.165) is 59.8 Å². The first-order valence-electron chi connectivity index (χ1n) is 9.72. The summed E-state index contributed by atoms with van der Waals surface area (Å²) in [6.07, 6.45) is 3.23. The second-order valence-electron chi connectivity index (χ2n) is 7.07. The van der Waals surface area contributed by atoms with Crippen molar-refractivity contribution in [3.05, 3.63) is 82.4 Å². The minimum Gasteiger partial charge on any atom is -0.487 e. The minimum absolute atomic E-state index is 0.286. The Hall–Kier alpha value is -3.28. The zero-order valence-electron chi connectivity index (χ0n) is 16.8. The summed E-state index contributed by atoms with van der Waals surface area (Å²) >= 11 is 0. The molecule has 0 spiro atoms. The van der Waals surface area contributed by atoms with Crippen LogP contribution in [0.5, 0.6) is 5.75 Å². The number of aromatic nitrogens is 3. The third kappa shape index (κ3) is 6.10. The molecule has 0 aliphatic heterocycles. The van der Waals surface area contributed by atoms with E-state index in [1.165, 1.54) is 0 Å². The molecule has 3 rings (SSSR count). The van der Waals surface area contributed by atoms with Gasteiger partial charge in [0.05, 0.1) is 11.3 Å². The van der Waals surface area contributed by atoms with Gasteiger partial charge < -0.3 is 9.84 Å². The molecule has 150 valence electrons. The zero-order valence-corrected chi connectivity index (χ0v) is 16.8. The number of aromatic carboxylic acids is 1. The van der Waals surface area contributed by atoms with Crippen LogP contribution in [0, 0.1) is 13.8 Å². The maximum atomic E-state index is 11.2. The van der Waals surface area contributed by atoms with Gasteiger partial charge in [-0.05, 0) is 57.2 Å². The highest BCUT2D eigenvalue weighted by molar-refractivity contribution is 5.87. The maximum absolute atomic E-state index is 11.2. The first kappa shape index (κ1) is 20.5. The van der Waals surface area contributed by atoms with Gasteiger partial charge in [-0.3, -0.25) is 4.98 Å². The van der Waals surface area contributed by atoms with Crippen molar-refractivity contribution in [2.24, 2.45) is 0 Å². The molecule has 0 unspecified atom stereocenters. The van der Waals surface area contributed by atoms with E-state index in [-0.39, 0.29) is 5.56 Å². The lowest BCUT2D eigenvalue weighted by atomic mass is 10.1. The van der Waals surface area contributed by atoms with Gasteiger partial charge in [0.15, 0.2) is 0 Å². The Morgan fingerprint density at radius 2 is 1.72 bits per heavy atom. The molecule has 6 nitrogen and oxygen atoms in total. The Morgan fingerprint density at radius 3 is 2.48 bits per heavy atom. The van der Waals surface area contributed by atoms with Gasteiger partial charge >= 0.3 is 5.97 Å². The number of hydrogen-bond donors (Lipinski definition) is 1. The van der Waals surface area contributed by atoms with Crippen molar-refractivity contribution < 1.29 is 14.6 Å². The average molecular weight is 391 g/mol. The first-order valence-corrected chi connectivity index (χ1v) is 9.72. The SMILES string of the molecule is Cc1cc(OCc2ccccc2)c(CCCCc2cc(C(=O)O)cc(C)n2)nn1. The third-order valence-corrected chi connectivity index (χ3v) is 4.54. The van der Waals surface area contributed by atoms with E-state index in [2.05, 4.69) is 15.2 Å². The fraction of sp³-hybridized carbons (Fsp3) is 0.304. The Bertz CT molecular complexity index is 974. The molecule has 0 aliphatic carbocycles. The Labute approximate surface area is 170 Å². The number of nitrogens with zero attached hydrogens (tertiary/aromatic N) is 3. The number of pyridine rings is 1. The van der Waals surface area contributed by atoms with Gasteiger partial charge in [0.1, 0.15) is 18.1 Å². The largest absolute Gasteiger partial charge is 0.487 e. The molecular formula is C23H25N3O3. The molecular weight excluding hydrogens is 366 g/mol. The van der Waals surface area contributed by atoms with Gasteiger partial charge in [-0.25, -0.2) is 4.79 Å². The number of hydrogen-bond acceptors (Lipinski definition) is 5. The predicted molar refractivity (Wildman–Crippen MR) is 110 cm³/mol. The highest BCUT2D eigenvalue weighted by Crippen LogP contribution is 2.20. The van der Waals surface area contributed by atoms with E-state index in [1.807, 2.05) is 50.2 Å². The molecule has 0 aliphatic rings. The number of rotatable bonds is 9. The Balaban J connectivity index is 1.57. The number of benzene rings is 1. The molecule has 29 heavy (non-hydrogen) atoms. The molecule has 3 aromatic rings. The number of aryl methyl sites for hydroxylation is 4. The fourth-order valence-electron chi connectivity index (χ4n) is 3.11. The minimum atomic E-state index is -0.924. The molecule has 0 fully saturated rings. The number of carbonyl (C=O) groups is 1. The molecule has 6 heteroatoms. The summed E-state index contributed by atoms with van der Waals surface area (Å²) in [6.45, 7) is 4.20. The molecule has 2 heterocycles. The highest BCUT2D eigenvalue weighted by Gasteiger charge is 2.10. The Kier molecular flexibility index (Phi) is 6.89. The number of carboxylic acids is 1. The van der Waals surface area contributed by atoms with Gasteiger partial charge in [-0.15, -0.1) is 0 Å². The van der Waals surface area contributed by atoms with Crippen LogP contribution in [0.25, 0.3) is 0 Å². The average Bonchev–Trinajstić information content (AvgIpc) is 2.71. The summed E-state index contributed by atoms with van der Waals surface area (Å²) in [5.74, 6) is -0.157. The summed E-state index contributed by atoms with van der Waals surface area (Å²) in [6, 6.07) is 15.2. The van der Waals surface area contributed by atoms with E-state index >= 15 is 0 Å². The molecule has 0 atom stereocenters. The molecule has 0 saturated heterocycles. The highest BCUT2D eigenvalue weighted by atomic mass is 16.5. The van der Waals surface area contributed by atoms with Crippen molar-refractivity contribution in [3.8, 4) is 5.75 Å². The smallest absolute Gasteiger partial charge is 0.335 e. The van der Waals surface area contributed by atoms with Crippen LogP contribution in [-0.4, -0.2) is 26.3 Å². The van der Waals surface area contributed by atoms with Crippen LogP contribution >= 0.6 is 0 Å². The lowest BCUT2D eigenvalue weighted by Crippen LogP contribution is -2.04. The standard InChI is InChI=1S/C23H25N3O3/c1-16-12-19(23(27)28)14-20(24-16)10-6-7-11-21-22(13-17(2)25-26-21)29-15-18-8-4-3-5-9-18/h3-5,8-9,12-14H,6-7,10-11,15H2,1-2H3,(H,27,28).